The minimum Gasteiger partial charge on any atom is -0.491 e. The Morgan fingerprint density at radius 3 is 2.72 bits per heavy atom. The van der Waals surface area contributed by atoms with Gasteiger partial charge in [-0.1, -0.05) is 34.8 Å². The van der Waals surface area contributed by atoms with Crippen LogP contribution in [0.25, 0.3) is 0 Å². The molecule has 1 aliphatic carbocycles. The lowest BCUT2D eigenvalue weighted by Gasteiger charge is -2.18. The SMILES string of the molecule is CC(C)Oc1cccc(Br)c1CNC1CCCC1. The van der Waals surface area contributed by atoms with E-state index in [1.807, 2.05) is 6.07 Å². The predicted octanol–water partition coefficient (Wildman–Crippen LogP) is 4.27. The van der Waals surface area contributed by atoms with Crippen LogP contribution in [0.5, 0.6) is 5.75 Å². The first kappa shape index (κ1) is 13.9. The molecule has 100 valence electrons. The second kappa shape index (κ2) is 6.58. The molecule has 1 aliphatic rings. The Hall–Kier alpha value is -0.540. The molecule has 18 heavy (non-hydrogen) atoms. The monoisotopic (exact) mass is 311 g/mol. The van der Waals surface area contributed by atoms with E-state index in [0.717, 1.165) is 16.8 Å². The quantitative estimate of drug-likeness (QED) is 0.877. The van der Waals surface area contributed by atoms with E-state index in [0.29, 0.717) is 6.04 Å². The van der Waals surface area contributed by atoms with Gasteiger partial charge in [-0.2, -0.15) is 0 Å². The zero-order chi connectivity index (χ0) is 13.0. The fourth-order valence-electron chi connectivity index (χ4n) is 2.45. The third-order valence-corrected chi connectivity index (χ3v) is 4.10. The van der Waals surface area contributed by atoms with Crippen molar-refractivity contribution in [1.82, 2.24) is 5.32 Å². The molecular weight excluding hydrogens is 290 g/mol. The van der Waals surface area contributed by atoms with Gasteiger partial charge in [-0.05, 0) is 38.8 Å². The predicted molar refractivity (Wildman–Crippen MR) is 79.0 cm³/mol. The highest BCUT2D eigenvalue weighted by Gasteiger charge is 2.16. The molecular formula is C15H22BrNO. The molecule has 2 rings (SSSR count). The Morgan fingerprint density at radius 1 is 1.33 bits per heavy atom. The Kier molecular flexibility index (Phi) is 5.07. The van der Waals surface area contributed by atoms with E-state index in [9.17, 15) is 0 Å². The van der Waals surface area contributed by atoms with Gasteiger partial charge in [-0.25, -0.2) is 0 Å². The van der Waals surface area contributed by atoms with Crippen molar-refractivity contribution in [2.45, 2.75) is 58.2 Å². The topological polar surface area (TPSA) is 21.3 Å². The molecule has 1 saturated carbocycles. The van der Waals surface area contributed by atoms with Gasteiger partial charge < -0.3 is 10.1 Å². The van der Waals surface area contributed by atoms with Crippen LogP contribution >= 0.6 is 15.9 Å². The maximum absolute atomic E-state index is 5.87. The number of hydrogen-bond acceptors (Lipinski definition) is 2. The molecule has 0 aliphatic heterocycles. The average molecular weight is 312 g/mol. The Labute approximate surface area is 118 Å². The van der Waals surface area contributed by atoms with Crippen LogP contribution in [0.3, 0.4) is 0 Å². The normalized spacial score (nSPS) is 16.4. The summed E-state index contributed by atoms with van der Waals surface area (Å²) in [7, 11) is 0. The fraction of sp³-hybridized carbons (Fsp3) is 0.600. The van der Waals surface area contributed by atoms with Crippen LogP contribution in [0.1, 0.15) is 45.1 Å². The van der Waals surface area contributed by atoms with E-state index in [2.05, 4.69) is 47.2 Å². The van der Waals surface area contributed by atoms with Gasteiger partial charge in [-0.15, -0.1) is 0 Å². The number of nitrogens with one attached hydrogen (secondary N) is 1. The van der Waals surface area contributed by atoms with E-state index in [1.54, 1.807) is 0 Å². The maximum Gasteiger partial charge on any atom is 0.125 e. The van der Waals surface area contributed by atoms with Crippen LogP contribution in [0.4, 0.5) is 0 Å². The summed E-state index contributed by atoms with van der Waals surface area (Å²) in [6.07, 6.45) is 5.56. The highest BCUT2D eigenvalue weighted by Crippen LogP contribution is 2.28. The summed E-state index contributed by atoms with van der Waals surface area (Å²) in [5.74, 6) is 0.991. The van der Waals surface area contributed by atoms with Crippen molar-refractivity contribution in [3.8, 4) is 5.75 Å². The molecule has 0 amide bonds. The van der Waals surface area contributed by atoms with E-state index in [1.165, 1.54) is 31.2 Å². The summed E-state index contributed by atoms with van der Waals surface area (Å²) >= 11 is 3.63. The third kappa shape index (κ3) is 3.72. The van der Waals surface area contributed by atoms with E-state index in [4.69, 9.17) is 4.74 Å². The number of halogens is 1. The van der Waals surface area contributed by atoms with E-state index < -0.39 is 0 Å². The third-order valence-electron chi connectivity index (χ3n) is 3.36. The van der Waals surface area contributed by atoms with E-state index in [-0.39, 0.29) is 6.10 Å². The van der Waals surface area contributed by atoms with E-state index >= 15 is 0 Å². The highest BCUT2D eigenvalue weighted by atomic mass is 79.9. The van der Waals surface area contributed by atoms with Crippen molar-refractivity contribution in [3.05, 3.63) is 28.2 Å². The number of ether oxygens (including phenoxy) is 1. The zero-order valence-electron chi connectivity index (χ0n) is 11.2. The first-order chi connectivity index (χ1) is 8.66. The van der Waals surface area contributed by atoms with Crippen LogP contribution in [0.2, 0.25) is 0 Å². The number of benzene rings is 1. The standard InChI is InChI=1S/C15H22BrNO/c1-11(2)18-15-9-5-8-14(16)13(15)10-17-12-6-3-4-7-12/h5,8-9,11-12,17H,3-4,6-7,10H2,1-2H3. The van der Waals surface area contributed by atoms with Crippen molar-refractivity contribution in [3.63, 3.8) is 0 Å². The number of rotatable bonds is 5. The number of hydrogen-bond donors (Lipinski definition) is 1. The Bertz CT molecular complexity index is 386. The second-order valence-corrected chi connectivity index (χ2v) is 6.10. The van der Waals surface area contributed by atoms with Gasteiger partial charge in [0.15, 0.2) is 0 Å². The molecule has 1 aromatic carbocycles. The second-order valence-electron chi connectivity index (χ2n) is 5.25. The summed E-state index contributed by atoms with van der Waals surface area (Å²) in [5.41, 5.74) is 1.23. The molecule has 0 bridgehead atoms. The molecule has 0 aromatic heterocycles. The fourth-order valence-corrected chi connectivity index (χ4v) is 2.94. The van der Waals surface area contributed by atoms with Crippen LogP contribution in [0, 0.1) is 0 Å². The molecule has 0 heterocycles. The van der Waals surface area contributed by atoms with Gasteiger partial charge in [0.25, 0.3) is 0 Å². The summed E-state index contributed by atoms with van der Waals surface area (Å²) in [6, 6.07) is 6.85. The molecule has 3 heteroatoms. The van der Waals surface area contributed by atoms with Gasteiger partial charge in [0.05, 0.1) is 6.10 Å². The van der Waals surface area contributed by atoms with Gasteiger partial charge in [0.2, 0.25) is 0 Å². The summed E-state index contributed by atoms with van der Waals surface area (Å²) < 4.78 is 7.00. The Morgan fingerprint density at radius 2 is 2.06 bits per heavy atom. The first-order valence-electron chi connectivity index (χ1n) is 6.84. The maximum atomic E-state index is 5.87. The van der Waals surface area contributed by atoms with Crippen molar-refractivity contribution >= 4 is 15.9 Å². The van der Waals surface area contributed by atoms with Crippen molar-refractivity contribution in [2.24, 2.45) is 0 Å². The van der Waals surface area contributed by atoms with Gasteiger partial charge in [0.1, 0.15) is 5.75 Å². The smallest absolute Gasteiger partial charge is 0.125 e. The molecule has 0 unspecified atom stereocenters. The van der Waals surface area contributed by atoms with Gasteiger partial charge in [-0.3, -0.25) is 0 Å². The minimum atomic E-state index is 0.213. The molecule has 1 aromatic rings. The minimum absolute atomic E-state index is 0.213. The molecule has 0 saturated heterocycles. The van der Waals surface area contributed by atoms with Gasteiger partial charge in [0, 0.05) is 22.6 Å². The van der Waals surface area contributed by atoms with Crippen molar-refractivity contribution in [2.75, 3.05) is 0 Å². The lowest BCUT2D eigenvalue weighted by atomic mass is 10.1. The Balaban J connectivity index is 2.04. The summed E-state index contributed by atoms with van der Waals surface area (Å²) in [4.78, 5) is 0. The van der Waals surface area contributed by atoms with Crippen LogP contribution in [0.15, 0.2) is 22.7 Å². The van der Waals surface area contributed by atoms with Crippen molar-refractivity contribution in [1.29, 1.82) is 0 Å². The molecule has 0 atom stereocenters. The van der Waals surface area contributed by atoms with Crippen LogP contribution in [-0.2, 0) is 6.54 Å². The molecule has 0 radical (unpaired) electrons. The summed E-state index contributed by atoms with van der Waals surface area (Å²) in [5, 5.41) is 3.64. The first-order valence-corrected chi connectivity index (χ1v) is 7.63. The largest absolute Gasteiger partial charge is 0.491 e. The van der Waals surface area contributed by atoms with Crippen LogP contribution < -0.4 is 10.1 Å². The van der Waals surface area contributed by atoms with Gasteiger partial charge >= 0.3 is 0 Å². The lowest BCUT2D eigenvalue weighted by Crippen LogP contribution is -2.26. The average Bonchev–Trinajstić information content (AvgIpc) is 2.80. The highest BCUT2D eigenvalue weighted by molar-refractivity contribution is 9.10. The molecule has 2 nitrogen and oxygen atoms in total. The van der Waals surface area contributed by atoms with Crippen LogP contribution in [-0.4, -0.2) is 12.1 Å². The van der Waals surface area contributed by atoms with Crippen molar-refractivity contribution < 1.29 is 4.74 Å². The molecule has 1 fully saturated rings. The zero-order valence-corrected chi connectivity index (χ0v) is 12.8. The summed E-state index contributed by atoms with van der Waals surface area (Å²) in [6.45, 7) is 5.01. The lowest BCUT2D eigenvalue weighted by molar-refractivity contribution is 0.239. The molecule has 1 N–H and O–H groups in total. The molecule has 0 spiro atoms.